The van der Waals surface area contributed by atoms with E-state index in [2.05, 4.69) is 28.1 Å². The number of rotatable bonds is 2. The van der Waals surface area contributed by atoms with Crippen LogP contribution in [0.25, 0.3) is 0 Å². The highest BCUT2D eigenvalue weighted by molar-refractivity contribution is 9.10. The lowest BCUT2D eigenvalue weighted by Crippen LogP contribution is -2.41. The Labute approximate surface area is 121 Å². The molecule has 0 bridgehead atoms. The zero-order valence-corrected chi connectivity index (χ0v) is 12.3. The lowest BCUT2D eigenvalue weighted by atomic mass is 10.1. The van der Waals surface area contributed by atoms with Gasteiger partial charge in [0.05, 0.1) is 6.10 Å². The van der Waals surface area contributed by atoms with Crippen molar-refractivity contribution in [2.75, 3.05) is 13.1 Å². The van der Waals surface area contributed by atoms with E-state index in [4.69, 9.17) is 0 Å². The second kappa shape index (κ2) is 5.25. The van der Waals surface area contributed by atoms with E-state index in [1.807, 2.05) is 17.0 Å². The number of halogens is 1. The average Bonchev–Trinajstić information content (AvgIpc) is 3.20. The summed E-state index contributed by atoms with van der Waals surface area (Å²) in [6, 6.07) is 8.27. The molecule has 1 heterocycles. The number of nitrogens with zero attached hydrogens (tertiary/aromatic N) is 1. The van der Waals surface area contributed by atoms with Crippen molar-refractivity contribution >= 4 is 21.8 Å². The molecule has 3 rings (SSSR count). The molecule has 19 heavy (non-hydrogen) atoms. The third kappa shape index (κ3) is 2.84. The standard InChI is InChI=1S/C15H18BrNO2/c16-11-3-1-10(2-4-11)13-9-14(13)15(19)17-7-5-12(18)6-8-17/h1-4,12-14,18H,5-9H2. The molecule has 3 nitrogen and oxygen atoms in total. The number of hydrogen-bond acceptors (Lipinski definition) is 2. The van der Waals surface area contributed by atoms with E-state index in [0.29, 0.717) is 19.0 Å². The number of amides is 1. The minimum atomic E-state index is -0.217. The van der Waals surface area contributed by atoms with Crippen LogP contribution in [0.1, 0.15) is 30.7 Å². The predicted octanol–water partition coefficient (Wildman–Crippen LogP) is 2.54. The van der Waals surface area contributed by atoms with Gasteiger partial charge in [-0.25, -0.2) is 0 Å². The Morgan fingerprint density at radius 2 is 1.84 bits per heavy atom. The van der Waals surface area contributed by atoms with Crippen molar-refractivity contribution < 1.29 is 9.90 Å². The van der Waals surface area contributed by atoms with Crippen molar-refractivity contribution in [3.8, 4) is 0 Å². The van der Waals surface area contributed by atoms with Crippen LogP contribution >= 0.6 is 15.9 Å². The summed E-state index contributed by atoms with van der Waals surface area (Å²) in [5.74, 6) is 0.837. The van der Waals surface area contributed by atoms with Crippen molar-refractivity contribution in [1.29, 1.82) is 0 Å². The molecule has 2 atom stereocenters. The topological polar surface area (TPSA) is 40.5 Å². The van der Waals surface area contributed by atoms with E-state index in [9.17, 15) is 9.90 Å². The SMILES string of the molecule is O=C(C1CC1c1ccc(Br)cc1)N1CCC(O)CC1. The van der Waals surface area contributed by atoms with E-state index >= 15 is 0 Å². The first-order chi connectivity index (χ1) is 9.15. The van der Waals surface area contributed by atoms with Crippen molar-refractivity contribution in [2.24, 2.45) is 5.92 Å². The Hall–Kier alpha value is -0.870. The van der Waals surface area contributed by atoms with Gasteiger partial charge in [-0.05, 0) is 42.9 Å². The van der Waals surface area contributed by atoms with Gasteiger partial charge in [-0.3, -0.25) is 4.79 Å². The molecule has 0 aromatic heterocycles. The first kappa shape index (κ1) is 13.1. The molecule has 0 radical (unpaired) electrons. The number of aliphatic hydroxyl groups is 1. The Morgan fingerprint density at radius 3 is 2.47 bits per heavy atom. The summed E-state index contributed by atoms with van der Waals surface area (Å²) in [6.07, 6.45) is 2.20. The highest BCUT2D eigenvalue weighted by atomic mass is 79.9. The molecule has 1 aromatic rings. The maximum atomic E-state index is 12.4. The van der Waals surface area contributed by atoms with Crippen LogP contribution in [0, 0.1) is 5.92 Å². The van der Waals surface area contributed by atoms with Gasteiger partial charge in [0.15, 0.2) is 0 Å². The fraction of sp³-hybridized carbons (Fsp3) is 0.533. The molecule has 0 spiro atoms. The van der Waals surface area contributed by atoms with E-state index < -0.39 is 0 Å². The molecule has 2 fully saturated rings. The van der Waals surface area contributed by atoms with Gasteiger partial charge in [0.25, 0.3) is 0 Å². The van der Waals surface area contributed by atoms with Crippen LogP contribution in [0.2, 0.25) is 0 Å². The van der Waals surface area contributed by atoms with Crippen LogP contribution < -0.4 is 0 Å². The molecule has 4 heteroatoms. The molecule has 1 aliphatic heterocycles. The molecule has 1 aliphatic carbocycles. The average molecular weight is 324 g/mol. The Kier molecular flexibility index (Phi) is 3.63. The number of piperidine rings is 1. The second-order valence-electron chi connectivity index (χ2n) is 5.56. The third-order valence-corrected chi connectivity index (χ3v) is 4.71. The van der Waals surface area contributed by atoms with Crippen molar-refractivity contribution in [3.05, 3.63) is 34.3 Å². The third-order valence-electron chi connectivity index (χ3n) is 4.18. The second-order valence-corrected chi connectivity index (χ2v) is 6.47. The van der Waals surface area contributed by atoms with Gasteiger partial charge in [-0.15, -0.1) is 0 Å². The number of benzene rings is 1. The van der Waals surface area contributed by atoms with Crippen molar-refractivity contribution in [2.45, 2.75) is 31.3 Å². The van der Waals surface area contributed by atoms with E-state index in [1.165, 1.54) is 5.56 Å². The van der Waals surface area contributed by atoms with E-state index in [1.54, 1.807) is 0 Å². The molecule has 1 amide bonds. The Balaban J connectivity index is 1.60. The smallest absolute Gasteiger partial charge is 0.226 e. The van der Waals surface area contributed by atoms with Gasteiger partial charge in [0.1, 0.15) is 0 Å². The van der Waals surface area contributed by atoms with Gasteiger partial charge in [0.2, 0.25) is 5.91 Å². The summed E-state index contributed by atoms with van der Waals surface area (Å²) in [7, 11) is 0. The zero-order chi connectivity index (χ0) is 13.4. The molecular formula is C15H18BrNO2. The van der Waals surface area contributed by atoms with Gasteiger partial charge in [0, 0.05) is 23.5 Å². The lowest BCUT2D eigenvalue weighted by molar-refractivity contribution is -0.134. The fourth-order valence-electron chi connectivity index (χ4n) is 2.87. The minimum Gasteiger partial charge on any atom is -0.393 e. The van der Waals surface area contributed by atoms with Crippen LogP contribution in [0.15, 0.2) is 28.7 Å². The molecular weight excluding hydrogens is 306 g/mol. The highest BCUT2D eigenvalue weighted by Crippen LogP contribution is 2.48. The monoisotopic (exact) mass is 323 g/mol. The first-order valence-electron chi connectivity index (χ1n) is 6.87. The van der Waals surface area contributed by atoms with Crippen molar-refractivity contribution in [1.82, 2.24) is 4.90 Å². The Morgan fingerprint density at radius 1 is 1.21 bits per heavy atom. The quantitative estimate of drug-likeness (QED) is 0.908. The normalized spacial score (nSPS) is 27.4. The summed E-state index contributed by atoms with van der Waals surface area (Å²) >= 11 is 3.43. The maximum Gasteiger partial charge on any atom is 0.226 e. The van der Waals surface area contributed by atoms with E-state index in [-0.39, 0.29) is 17.9 Å². The molecule has 1 saturated carbocycles. The lowest BCUT2D eigenvalue weighted by Gasteiger charge is -2.29. The highest BCUT2D eigenvalue weighted by Gasteiger charge is 2.45. The van der Waals surface area contributed by atoms with Crippen LogP contribution in [0.3, 0.4) is 0 Å². The van der Waals surface area contributed by atoms with Crippen LogP contribution in [0.5, 0.6) is 0 Å². The largest absolute Gasteiger partial charge is 0.393 e. The molecule has 1 aromatic carbocycles. The number of carbonyl (C=O) groups is 1. The molecule has 102 valence electrons. The summed E-state index contributed by atoms with van der Waals surface area (Å²) in [4.78, 5) is 14.3. The van der Waals surface area contributed by atoms with Crippen LogP contribution in [-0.2, 0) is 4.79 Å². The molecule has 2 aliphatic rings. The van der Waals surface area contributed by atoms with Gasteiger partial charge in [-0.2, -0.15) is 0 Å². The summed E-state index contributed by atoms with van der Waals surface area (Å²) < 4.78 is 1.07. The summed E-state index contributed by atoms with van der Waals surface area (Å²) in [5, 5.41) is 9.48. The predicted molar refractivity (Wildman–Crippen MR) is 76.8 cm³/mol. The van der Waals surface area contributed by atoms with Gasteiger partial charge < -0.3 is 10.0 Å². The maximum absolute atomic E-state index is 12.4. The van der Waals surface area contributed by atoms with Gasteiger partial charge >= 0.3 is 0 Å². The van der Waals surface area contributed by atoms with Crippen molar-refractivity contribution in [3.63, 3.8) is 0 Å². The summed E-state index contributed by atoms with van der Waals surface area (Å²) in [5.41, 5.74) is 1.26. The molecule has 1 saturated heterocycles. The van der Waals surface area contributed by atoms with Crippen LogP contribution in [-0.4, -0.2) is 35.1 Å². The number of aliphatic hydroxyl groups excluding tert-OH is 1. The van der Waals surface area contributed by atoms with E-state index in [0.717, 1.165) is 23.7 Å². The number of likely N-dealkylation sites (tertiary alicyclic amines) is 1. The zero-order valence-electron chi connectivity index (χ0n) is 10.8. The summed E-state index contributed by atoms with van der Waals surface area (Å²) in [6.45, 7) is 1.42. The molecule has 1 N–H and O–H groups in total. The minimum absolute atomic E-state index is 0.163. The van der Waals surface area contributed by atoms with Crippen LogP contribution in [0.4, 0.5) is 0 Å². The number of carbonyl (C=O) groups excluding carboxylic acids is 1. The Bertz CT molecular complexity index is 466. The van der Waals surface area contributed by atoms with Gasteiger partial charge in [-0.1, -0.05) is 28.1 Å². The first-order valence-corrected chi connectivity index (χ1v) is 7.67. The number of hydrogen-bond donors (Lipinski definition) is 1. The molecule has 2 unspecified atom stereocenters. The fourth-order valence-corrected chi connectivity index (χ4v) is 3.13.